The van der Waals surface area contributed by atoms with Gasteiger partial charge in [0.2, 0.25) is 5.13 Å². The average Bonchev–Trinajstić information content (AvgIpc) is 3.05. The van der Waals surface area contributed by atoms with E-state index < -0.39 is 0 Å². The van der Waals surface area contributed by atoms with Crippen molar-refractivity contribution in [1.82, 2.24) is 19.8 Å². The molecule has 6 nitrogen and oxygen atoms in total. The first kappa shape index (κ1) is 14.4. The number of anilines is 1. The number of aryl methyl sites for hydroxylation is 1. The van der Waals surface area contributed by atoms with E-state index in [0.29, 0.717) is 15.7 Å². The number of benzene rings is 1. The van der Waals surface area contributed by atoms with E-state index in [1.807, 2.05) is 18.2 Å². The van der Waals surface area contributed by atoms with Gasteiger partial charge in [-0.05, 0) is 36.9 Å². The van der Waals surface area contributed by atoms with Crippen LogP contribution in [0.2, 0.25) is 0 Å². The van der Waals surface area contributed by atoms with Crippen LogP contribution in [0.4, 0.5) is 5.13 Å². The predicted octanol–water partition coefficient (Wildman–Crippen LogP) is 3.03. The van der Waals surface area contributed by atoms with Crippen molar-refractivity contribution >= 4 is 33.9 Å². The molecule has 0 aliphatic heterocycles. The average molecular weight is 343 g/mol. The second-order valence-electron chi connectivity index (χ2n) is 5.50. The molecule has 0 unspecified atom stereocenters. The molecule has 23 heavy (non-hydrogen) atoms. The molecule has 0 atom stereocenters. The summed E-state index contributed by atoms with van der Waals surface area (Å²) in [6.45, 7) is 1.76. The van der Waals surface area contributed by atoms with Crippen LogP contribution in [0.3, 0.4) is 0 Å². The van der Waals surface area contributed by atoms with Crippen molar-refractivity contribution in [2.24, 2.45) is 0 Å². The topological polar surface area (TPSA) is 80.7 Å². The largest absolute Gasteiger partial charge is 0.296 e. The van der Waals surface area contributed by atoms with Gasteiger partial charge in [-0.2, -0.15) is 0 Å². The van der Waals surface area contributed by atoms with Crippen molar-refractivity contribution in [2.75, 3.05) is 5.32 Å². The van der Waals surface area contributed by atoms with Crippen LogP contribution in [-0.2, 0) is 5.41 Å². The molecule has 0 spiro atoms. The molecular weight excluding hydrogens is 330 g/mol. The fraction of sp³-hybridized carbons (Fsp3) is 0.267. The SMILES string of the molecule is Cc1nnsc1C(=O)Nc1nnc(C2(c3ccccc3)CC2)s1. The molecule has 2 heterocycles. The zero-order chi connectivity index (χ0) is 15.9. The molecule has 0 bridgehead atoms. The molecule has 1 aliphatic carbocycles. The number of nitrogens with one attached hydrogen (secondary N) is 1. The number of hydrogen-bond acceptors (Lipinski definition) is 7. The zero-order valence-electron chi connectivity index (χ0n) is 12.3. The minimum Gasteiger partial charge on any atom is -0.296 e. The summed E-state index contributed by atoms with van der Waals surface area (Å²) in [4.78, 5) is 12.7. The van der Waals surface area contributed by atoms with Crippen LogP contribution in [0.25, 0.3) is 0 Å². The normalized spacial score (nSPS) is 15.3. The molecule has 2 aromatic heterocycles. The molecule has 1 fully saturated rings. The maximum atomic E-state index is 12.2. The van der Waals surface area contributed by atoms with Crippen LogP contribution in [0.1, 0.15) is 38.8 Å². The molecule has 4 rings (SSSR count). The Kier molecular flexibility index (Phi) is 3.42. The zero-order valence-corrected chi connectivity index (χ0v) is 13.9. The van der Waals surface area contributed by atoms with Crippen molar-refractivity contribution in [2.45, 2.75) is 25.2 Å². The van der Waals surface area contributed by atoms with Gasteiger partial charge in [0.25, 0.3) is 5.91 Å². The van der Waals surface area contributed by atoms with Crippen molar-refractivity contribution in [3.8, 4) is 0 Å². The third-order valence-corrected chi connectivity index (χ3v) is 5.86. The van der Waals surface area contributed by atoms with E-state index in [2.05, 4.69) is 37.2 Å². The van der Waals surface area contributed by atoms with Crippen molar-refractivity contribution in [3.05, 3.63) is 51.5 Å². The quantitative estimate of drug-likeness (QED) is 0.787. The van der Waals surface area contributed by atoms with Gasteiger partial charge in [0.1, 0.15) is 9.88 Å². The lowest BCUT2D eigenvalue weighted by atomic mass is 9.97. The summed E-state index contributed by atoms with van der Waals surface area (Å²) in [5.41, 5.74) is 1.86. The van der Waals surface area contributed by atoms with Gasteiger partial charge in [-0.25, -0.2) is 0 Å². The van der Waals surface area contributed by atoms with E-state index in [0.717, 1.165) is 29.4 Å². The Morgan fingerprint density at radius 3 is 2.61 bits per heavy atom. The molecule has 1 aliphatic rings. The van der Waals surface area contributed by atoms with Crippen LogP contribution < -0.4 is 5.32 Å². The van der Waals surface area contributed by atoms with Gasteiger partial charge in [-0.15, -0.1) is 15.3 Å². The van der Waals surface area contributed by atoms with E-state index in [1.165, 1.54) is 16.9 Å². The molecule has 8 heteroatoms. The Balaban J connectivity index is 1.56. The number of carbonyl (C=O) groups excluding carboxylic acids is 1. The number of carbonyl (C=O) groups is 1. The first-order valence-electron chi connectivity index (χ1n) is 7.19. The van der Waals surface area contributed by atoms with E-state index in [9.17, 15) is 4.79 Å². The second-order valence-corrected chi connectivity index (χ2v) is 7.23. The summed E-state index contributed by atoms with van der Waals surface area (Å²) < 4.78 is 3.78. The lowest BCUT2D eigenvalue weighted by Crippen LogP contribution is -2.11. The third kappa shape index (κ3) is 2.53. The minimum atomic E-state index is -0.232. The number of rotatable bonds is 4. The Bertz CT molecular complexity index is 854. The summed E-state index contributed by atoms with van der Waals surface area (Å²) >= 11 is 2.52. The monoisotopic (exact) mass is 343 g/mol. The van der Waals surface area contributed by atoms with E-state index >= 15 is 0 Å². The highest BCUT2D eigenvalue weighted by Crippen LogP contribution is 2.54. The summed E-state index contributed by atoms with van der Waals surface area (Å²) in [5.74, 6) is -0.232. The van der Waals surface area contributed by atoms with Gasteiger partial charge in [0.05, 0.1) is 5.69 Å². The molecule has 1 amide bonds. The fourth-order valence-electron chi connectivity index (χ4n) is 2.57. The first-order valence-corrected chi connectivity index (χ1v) is 8.78. The fourth-order valence-corrected chi connectivity index (χ4v) is 4.13. The molecule has 116 valence electrons. The Morgan fingerprint density at radius 1 is 1.17 bits per heavy atom. The van der Waals surface area contributed by atoms with Gasteiger partial charge >= 0.3 is 0 Å². The van der Waals surface area contributed by atoms with E-state index in [-0.39, 0.29) is 11.3 Å². The Labute approximate surface area is 140 Å². The highest BCUT2D eigenvalue weighted by atomic mass is 32.1. The van der Waals surface area contributed by atoms with E-state index in [4.69, 9.17) is 0 Å². The molecule has 3 aromatic rings. The number of nitrogens with zero attached hydrogens (tertiary/aromatic N) is 4. The van der Waals surface area contributed by atoms with Crippen molar-refractivity contribution < 1.29 is 4.79 Å². The molecule has 1 saturated carbocycles. The number of hydrogen-bond donors (Lipinski definition) is 1. The standard InChI is InChI=1S/C15H13N5OS2/c1-9-11(23-20-17-9)12(21)16-14-19-18-13(22-14)15(7-8-15)10-5-3-2-4-6-10/h2-6H,7-8H2,1H3,(H,16,19,21). The first-order chi connectivity index (χ1) is 11.2. The van der Waals surface area contributed by atoms with Gasteiger partial charge in [-0.3, -0.25) is 10.1 Å². The molecular formula is C15H13N5OS2. The maximum Gasteiger partial charge on any atom is 0.271 e. The van der Waals surface area contributed by atoms with E-state index in [1.54, 1.807) is 6.92 Å². The second kappa shape index (κ2) is 5.47. The highest BCUT2D eigenvalue weighted by molar-refractivity contribution is 7.15. The van der Waals surface area contributed by atoms with Crippen LogP contribution in [0.15, 0.2) is 30.3 Å². The van der Waals surface area contributed by atoms with Crippen LogP contribution in [0.5, 0.6) is 0 Å². The van der Waals surface area contributed by atoms with Gasteiger partial charge in [0.15, 0.2) is 0 Å². The highest BCUT2D eigenvalue weighted by Gasteiger charge is 2.48. The van der Waals surface area contributed by atoms with Crippen molar-refractivity contribution in [1.29, 1.82) is 0 Å². The van der Waals surface area contributed by atoms with Crippen LogP contribution in [0, 0.1) is 6.92 Å². The summed E-state index contributed by atoms with van der Waals surface area (Å²) in [6, 6.07) is 10.3. The summed E-state index contributed by atoms with van der Waals surface area (Å²) in [6.07, 6.45) is 2.13. The number of aromatic nitrogens is 4. The Morgan fingerprint density at radius 2 is 1.96 bits per heavy atom. The molecule has 0 saturated heterocycles. The number of amides is 1. The van der Waals surface area contributed by atoms with Crippen LogP contribution in [-0.4, -0.2) is 25.7 Å². The summed E-state index contributed by atoms with van der Waals surface area (Å²) in [5, 5.41) is 16.5. The van der Waals surface area contributed by atoms with Crippen molar-refractivity contribution in [3.63, 3.8) is 0 Å². The maximum absolute atomic E-state index is 12.2. The van der Waals surface area contributed by atoms with Gasteiger partial charge in [0, 0.05) is 5.41 Å². The smallest absolute Gasteiger partial charge is 0.271 e. The molecule has 0 radical (unpaired) electrons. The predicted molar refractivity (Wildman–Crippen MR) is 89.0 cm³/mol. The van der Waals surface area contributed by atoms with Gasteiger partial charge in [-0.1, -0.05) is 46.2 Å². The van der Waals surface area contributed by atoms with Gasteiger partial charge < -0.3 is 0 Å². The Hall–Kier alpha value is -2.19. The lowest BCUT2D eigenvalue weighted by molar-refractivity contribution is 0.102. The minimum absolute atomic E-state index is 0.0239. The lowest BCUT2D eigenvalue weighted by Gasteiger charge is -2.10. The van der Waals surface area contributed by atoms with Crippen LogP contribution >= 0.6 is 22.9 Å². The third-order valence-electron chi connectivity index (χ3n) is 3.99. The molecule has 1 N–H and O–H groups in total. The summed E-state index contributed by atoms with van der Waals surface area (Å²) in [7, 11) is 0. The molecule has 1 aromatic carbocycles.